The number of hydrogen-bond acceptors (Lipinski definition) is 3. The van der Waals surface area contributed by atoms with Gasteiger partial charge in [0, 0.05) is 24.8 Å². The van der Waals surface area contributed by atoms with Crippen LogP contribution in [0.4, 0.5) is 5.69 Å². The first kappa shape index (κ1) is 11.3. The molecule has 1 aliphatic heterocycles. The molecule has 2 rings (SSSR count). The van der Waals surface area contributed by atoms with Crippen molar-refractivity contribution in [2.45, 2.75) is 19.3 Å². The average Bonchev–Trinajstić information content (AvgIpc) is 2.29. The Bertz CT molecular complexity index is 376. The molecule has 0 atom stereocenters. The van der Waals surface area contributed by atoms with Gasteiger partial charge in [-0.1, -0.05) is 6.07 Å². The molecule has 1 heterocycles. The van der Waals surface area contributed by atoms with Crippen LogP contribution >= 0.6 is 0 Å². The SMILES string of the molecule is CNCCc1ccc2c(c1O)CCCN2C. The Kier molecular flexibility index (Phi) is 3.34. The van der Waals surface area contributed by atoms with Gasteiger partial charge >= 0.3 is 0 Å². The second-order valence-corrected chi connectivity index (χ2v) is 4.45. The molecule has 0 bridgehead atoms. The summed E-state index contributed by atoms with van der Waals surface area (Å²) in [6.07, 6.45) is 3.02. The lowest BCUT2D eigenvalue weighted by atomic mass is 9.97. The predicted molar refractivity (Wildman–Crippen MR) is 67.3 cm³/mol. The van der Waals surface area contributed by atoms with Crippen molar-refractivity contribution in [3.8, 4) is 5.75 Å². The molecule has 0 aromatic heterocycles. The quantitative estimate of drug-likeness (QED) is 0.811. The normalized spacial score (nSPS) is 15.0. The Morgan fingerprint density at radius 3 is 3.00 bits per heavy atom. The van der Waals surface area contributed by atoms with Gasteiger partial charge in [-0.15, -0.1) is 0 Å². The summed E-state index contributed by atoms with van der Waals surface area (Å²) in [5.41, 5.74) is 3.38. The number of phenolic OH excluding ortho intramolecular Hbond substituents is 1. The maximum Gasteiger partial charge on any atom is 0.124 e. The van der Waals surface area contributed by atoms with Gasteiger partial charge in [0.1, 0.15) is 5.75 Å². The largest absolute Gasteiger partial charge is 0.507 e. The Morgan fingerprint density at radius 1 is 1.44 bits per heavy atom. The van der Waals surface area contributed by atoms with Crippen molar-refractivity contribution in [2.24, 2.45) is 0 Å². The minimum atomic E-state index is 0.513. The molecule has 0 saturated heterocycles. The summed E-state index contributed by atoms with van der Waals surface area (Å²) in [5, 5.41) is 13.3. The van der Waals surface area contributed by atoms with E-state index in [1.807, 2.05) is 13.1 Å². The summed E-state index contributed by atoms with van der Waals surface area (Å²) in [4.78, 5) is 2.22. The van der Waals surface area contributed by atoms with Crippen LogP contribution < -0.4 is 10.2 Å². The Morgan fingerprint density at radius 2 is 2.25 bits per heavy atom. The number of rotatable bonds is 3. The lowest BCUT2D eigenvalue weighted by molar-refractivity contribution is 0.457. The van der Waals surface area contributed by atoms with Crippen molar-refractivity contribution in [3.63, 3.8) is 0 Å². The third-order valence-electron chi connectivity index (χ3n) is 3.32. The van der Waals surface area contributed by atoms with E-state index in [1.54, 1.807) is 0 Å². The molecule has 1 aromatic carbocycles. The first-order valence-electron chi connectivity index (χ1n) is 5.93. The van der Waals surface area contributed by atoms with Gasteiger partial charge in [0.15, 0.2) is 0 Å². The molecule has 0 amide bonds. The number of nitrogens with one attached hydrogen (secondary N) is 1. The van der Waals surface area contributed by atoms with E-state index in [9.17, 15) is 5.11 Å². The molecule has 2 N–H and O–H groups in total. The van der Waals surface area contributed by atoms with Crippen LogP contribution in [0.3, 0.4) is 0 Å². The van der Waals surface area contributed by atoms with E-state index in [-0.39, 0.29) is 0 Å². The monoisotopic (exact) mass is 220 g/mol. The van der Waals surface area contributed by atoms with Gasteiger partial charge in [-0.05, 0) is 44.5 Å². The minimum absolute atomic E-state index is 0.513. The molecule has 16 heavy (non-hydrogen) atoms. The van der Waals surface area contributed by atoms with Crippen molar-refractivity contribution in [2.75, 3.05) is 32.1 Å². The van der Waals surface area contributed by atoms with E-state index >= 15 is 0 Å². The van der Waals surface area contributed by atoms with Crippen LogP contribution in [-0.4, -0.2) is 32.3 Å². The lowest BCUT2D eigenvalue weighted by Gasteiger charge is -2.28. The zero-order valence-electron chi connectivity index (χ0n) is 10.1. The fourth-order valence-electron chi connectivity index (χ4n) is 2.35. The highest BCUT2D eigenvalue weighted by Gasteiger charge is 2.18. The smallest absolute Gasteiger partial charge is 0.124 e. The van der Waals surface area contributed by atoms with Gasteiger partial charge in [0.05, 0.1) is 0 Å². The molecule has 1 aliphatic rings. The molecule has 0 saturated carbocycles. The molecule has 0 fully saturated rings. The van der Waals surface area contributed by atoms with Crippen LogP contribution in [0, 0.1) is 0 Å². The number of hydrogen-bond donors (Lipinski definition) is 2. The number of nitrogens with zero attached hydrogens (tertiary/aromatic N) is 1. The van der Waals surface area contributed by atoms with Crippen molar-refractivity contribution < 1.29 is 5.11 Å². The Labute approximate surface area is 97.1 Å². The second-order valence-electron chi connectivity index (χ2n) is 4.45. The van der Waals surface area contributed by atoms with Gasteiger partial charge in [-0.3, -0.25) is 0 Å². The molecule has 3 nitrogen and oxygen atoms in total. The Balaban J connectivity index is 2.31. The van der Waals surface area contributed by atoms with Crippen LogP contribution in [0.15, 0.2) is 12.1 Å². The van der Waals surface area contributed by atoms with Crippen molar-refractivity contribution in [1.82, 2.24) is 5.32 Å². The zero-order chi connectivity index (χ0) is 11.5. The molecule has 3 heteroatoms. The van der Waals surface area contributed by atoms with Crippen molar-refractivity contribution in [1.29, 1.82) is 0 Å². The molecule has 0 aliphatic carbocycles. The topological polar surface area (TPSA) is 35.5 Å². The van der Waals surface area contributed by atoms with Gasteiger partial charge in [-0.2, -0.15) is 0 Å². The number of fused-ring (bicyclic) bond motifs is 1. The summed E-state index contributed by atoms with van der Waals surface area (Å²) in [7, 11) is 4.02. The molecular weight excluding hydrogens is 200 g/mol. The van der Waals surface area contributed by atoms with Gasteiger partial charge in [-0.25, -0.2) is 0 Å². The zero-order valence-corrected chi connectivity index (χ0v) is 10.1. The van der Waals surface area contributed by atoms with Crippen LogP contribution in [0.5, 0.6) is 5.75 Å². The maximum atomic E-state index is 10.2. The molecule has 0 unspecified atom stereocenters. The highest BCUT2D eigenvalue weighted by atomic mass is 16.3. The Hall–Kier alpha value is -1.22. The minimum Gasteiger partial charge on any atom is -0.507 e. The standard InChI is InChI=1S/C13H20N2O/c1-14-8-7-10-5-6-12-11(13(10)16)4-3-9-15(12)2/h5-6,14,16H,3-4,7-9H2,1-2H3. The predicted octanol–water partition coefficient (Wildman–Crippen LogP) is 1.54. The van der Waals surface area contributed by atoms with E-state index in [1.165, 1.54) is 5.69 Å². The van der Waals surface area contributed by atoms with E-state index in [0.717, 1.165) is 43.5 Å². The highest BCUT2D eigenvalue weighted by molar-refractivity contribution is 5.62. The lowest BCUT2D eigenvalue weighted by Crippen LogP contribution is -2.25. The van der Waals surface area contributed by atoms with Crippen LogP contribution in [0.25, 0.3) is 0 Å². The first-order valence-corrected chi connectivity index (χ1v) is 5.93. The fraction of sp³-hybridized carbons (Fsp3) is 0.538. The van der Waals surface area contributed by atoms with E-state index in [2.05, 4.69) is 23.3 Å². The number of anilines is 1. The molecule has 0 radical (unpaired) electrons. The highest BCUT2D eigenvalue weighted by Crippen LogP contribution is 2.35. The van der Waals surface area contributed by atoms with Crippen molar-refractivity contribution in [3.05, 3.63) is 23.3 Å². The molecule has 0 spiro atoms. The number of likely N-dealkylation sites (N-methyl/N-ethyl adjacent to an activating group) is 1. The first-order chi connectivity index (χ1) is 7.74. The number of phenols is 1. The van der Waals surface area contributed by atoms with Gasteiger partial charge < -0.3 is 15.3 Å². The molecule has 1 aromatic rings. The van der Waals surface area contributed by atoms with E-state index in [0.29, 0.717) is 5.75 Å². The summed E-state index contributed by atoms with van der Waals surface area (Å²) in [6.45, 7) is 1.99. The van der Waals surface area contributed by atoms with Gasteiger partial charge in [0.2, 0.25) is 0 Å². The fourth-order valence-corrected chi connectivity index (χ4v) is 2.35. The summed E-state index contributed by atoms with van der Waals surface area (Å²) >= 11 is 0. The van der Waals surface area contributed by atoms with Gasteiger partial charge in [0.25, 0.3) is 0 Å². The summed E-state index contributed by atoms with van der Waals surface area (Å²) in [5.74, 6) is 0.513. The maximum absolute atomic E-state index is 10.2. The summed E-state index contributed by atoms with van der Waals surface area (Å²) < 4.78 is 0. The third kappa shape index (κ3) is 2.00. The molecule has 88 valence electrons. The molecular formula is C13H20N2O. The van der Waals surface area contributed by atoms with Crippen LogP contribution in [-0.2, 0) is 12.8 Å². The number of benzene rings is 1. The summed E-state index contributed by atoms with van der Waals surface area (Å²) in [6, 6.07) is 4.19. The second kappa shape index (κ2) is 4.74. The number of aromatic hydroxyl groups is 1. The van der Waals surface area contributed by atoms with E-state index < -0.39 is 0 Å². The van der Waals surface area contributed by atoms with Crippen molar-refractivity contribution >= 4 is 5.69 Å². The van der Waals surface area contributed by atoms with Crippen LogP contribution in [0.2, 0.25) is 0 Å². The average molecular weight is 220 g/mol. The van der Waals surface area contributed by atoms with Crippen LogP contribution in [0.1, 0.15) is 17.5 Å². The third-order valence-corrected chi connectivity index (χ3v) is 3.32. The van der Waals surface area contributed by atoms with E-state index in [4.69, 9.17) is 0 Å².